The van der Waals surface area contributed by atoms with Gasteiger partial charge >= 0.3 is 6.61 Å². The van der Waals surface area contributed by atoms with Crippen LogP contribution in [0.3, 0.4) is 0 Å². The van der Waals surface area contributed by atoms with Gasteiger partial charge in [-0.15, -0.1) is 0 Å². The Balaban J connectivity index is 2.25. The molecular formula is C18H16F2N2O7S. The van der Waals surface area contributed by atoms with Crippen LogP contribution in [0.1, 0.15) is 5.56 Å². The Kier molecular flexibility index (Phi) is 7.06. The highest BCUT2D eigenvalue weighted by molar-refractivity contribution is 7.90. The molecule has 0 fully saturated rings. The summed E-state index contributed by atoms with van der Waals surface area (Å²) in [5.74, 6) is -1.37. The number of alkyl halides is 2. The van der Waals surface area contributed by atoms with Gasteiger partial charge in [0.25, 0.3) is 5.69 Å². The van der Waals surface area contributed by atoms with Crippen molar-refractivity contribution in [1.82, 2.24) is 0 Å². The molecule has 0 heterocycles. The molecule has 0 unspecified atom stereocenters. The third kappa shape index (κ3) is 5.98. The van der Waals surface area contributed by atoms with Crippen molar-refractivity contribution >= 4 is 33.2 Å². The summed E-state index contributed by atoms with van der Waals surface area (Å²) >= 11 is 0. The van der Waals surface area contributed by atoms with E-state index in [9.17, 15) is 32.1 Å². The van der Waals surface area contributed by atoms with Crippen LogP contribution >= 0.6 is 0 Å². The Hall–Kier alpha value is -3.54. The molecule has 2 rings (SSSR count). The van der Waals surface area contributed by atoms with Gasteiger partial charge in [0, 0.05) is 18.0 Å². The lowest BCUT2D eigenvalue weighted by molar-refractivity contribution is -0.385. The number of ether oxygens (including phenoxy) is 2. The van der Waals surface area contributed by atoms with Crippen LogP contribution in [0.4, 0.5) is 20.2 Å². The fraction of sp³-hybridized carbons (Fsp3) is 0.167. The first-order valence-electron chi connectivity index (χ1n) is 8.11. The second kappa shape index (κ2) is 9.31. The van der Waals surface area contributed by atoms with E-state index in [4.69, 9.17) is 4.74 Å². The third-order valence-electron chi connectivity index (χ3n) is 3.69. The fourth-order valence-corrected chi connectivity index (χ4v) is 2.97. The molecule has 9 nitrogen and oxygen atoms in total. The second-order valence-corrected chi connectivity index (χ2v) is 7.83. The monoisotopic (exact) mass is 442 g/mol. The lowest BCUT2D eigenvalue weighted by Gasteiger charge is -2.10. The maximum atomic E-state index is 12.5. The number of anilines is 1. The van der Waals surface area contributed by atoms with Crippen molar-refractivity contribution in [3.8, 4) is 11.5 Å². The lowest BCUT2D eigenvalue weighted by atomic mass is 10.1. The summed E-state index contributed by atoms with van der Waals surface area (Å²) < 4.78 is 56.9. The van der Waals surface area contributed by atoms with Crippen LogP contribution in [0.2, 0.25) is 0 Å². The van der Waals surface area contributed by atoms with Gasteiger partial charge in [0.05, 0.1) is 28.6 Å². The standard InChI is InChI=1S/C18H16F2N2O7S/c1-28-15-9-11(14(22(24)25)10-16(15)29-18(19)20)3-8-17(23)21-12-4-6-13(7-5-12)30(2,26)27/h3-10,18H,1-2H3,(H,21,23)/b8-3+. The lowest BCUT2D eigenvalue weighted by Crippen LogP contribution is -2.08. The number of sulfone groups is 1. The van der Waals surface area contributed by atoms with E-state index < -0.39 is 38.7 Å². The number of nitro groups is 1. The van der Waals surface area contributed by atoms with Crippen molar-refractivity contribution in [2.24, 2.45) is 0 Å². The number of nitrogens with zero attached hydrogens (tertiary/aromatic N) is 1. The summed E-state index contributed by atoms with van der Waals surface area (Å²) in [5.41, 5.74) is -0.362. The number of benzene rings is 2. The van der Waals surface area contributed by atoms with Crippen molar-refractivity contribution in [3.63, 3.8) is 0 Å². The topological polar surface area (TPSA) is 125 Å². The minimum Gasteiger partial charge on any atom is -0.493 e. The van der Waals surface area contributed by atoms with Crippen molar-refractivity contribution in [3.05, 3.63) is 58.2 Å². The number of carbonyl (C=O) groups is 1. The molecule has 2 aromatic carbocycles. The first-order chi connectivity index (χ1) is 14.0. The molecule has 0 atom stereocenters. The second-order valence-electron chi connectivity index (χ2n) is 5.82. The predicted molar refractivity (Wildman–Crippen MR) is 103 cm³/mol. The van der Waals surface area contributed by atoms with Gasteiger partial charge in [-0.2, -0.15) is 8.78 Å². The molecule has 2 aromatic rings. The van der Waals surface area contributed by atoms with Crippen LogP contribution < -0.4 is 14.8 Å². The summed E-state index contributed by atoms with van der Waals surface area (Å²) in [6.07, 6.45) is 3.13. The number of hydrogen-bond acceptors (Lipinski definition) is 7. The summed E-state index contributed by atoms with van der Waals surface area (Å²) in [6, 6.07) is 7.24. The van der Waals surface area contributed by atoms with Gasteiger partial charge < -0.3 is 14.8 Å². The number of carbonyl (C=O) groups excluding carboxylic acids is 1. The summed E-state index contributed by atoms with van der Waals surface area (Å²) in [7, 11) is -2.22. The molecule has 0 spiro atoms. The van der Waals surface area contributed by atoms with Crippen molar-refractivity contribution in [1.29, 1.82) is 0 Å². The minimum atomic E-state index is -3.38. The van der Waals surface area contributed by atoms with E-state index in [1.54, 1.807) is 0 Å². The van der Waals surface area contributed by atoms with E-state index in [2.05, 4.69) is 10.1 Å². The Bertz CT molecular complexity index is 1080. The van der Waals surface area contributed by atoms with Gasteiger partial charge in [0.1, 0.15) is 0 Å². The van der Waals surface area contributed by atoms with Crippen LogP contribution in [-0.4, -0.2) is 39.2 Å². The van der Waals surface area contributed by atoms with Gasteiger partial charge in [-0.1, -0.05) is 0 Å². The molecule has 0 radical (unpaired) electrons. The SMILES string of the molecule is COc1cc(/C=C/C(=O)Nc2ccc(S(C)(=O)=O)cc2)c([N+](=O)[O-])cc1OC(F)F. The summed E-state index contributed by atoms with van der Waals surface area (Å²) in [4.78, 5) is 22.6. The van der Waals surface area contributed by atoms with Gasteiger partial charge in [0.15, 0.2) is 21.3 Å². The van der Waals surface area contributed by atoms with E-state index in [0.717, 1.165) is 30.5 Å². The van der Waals surface area contributed by atoms with E-state index in [1.165, 1.54) is 31.4 Å². The largest absolute Gasteiger partial charge is 0.493 e. The molecule has 30 heavy (non-hydrogen) atoms. The highest BCUT2D eigenvalue weighted by atomic mass is 32.2. The molecule has 0 aliphatic heterocycles. The highest BCUT2D eigenvalue weighted by Gasteiger charge is 2.20. The van der Waals surface area contributed by atoms with E-state index in [1.807, 2.05) is 0 Å². The highest BCUT2D eigenvalue weighted by Crippen LogP contribution is 2.36. The first-order valence-corrected chi connectivity index (χ1v) is 10.0. The number of halogens is 2. The Morgan fingerprint density at radius 2 is 1.83 bits per heavy atom. The minimum absolute atomic E-state index is 0.0740. The molecule has 0 aliphatic carbocycles. The average molecular weight is 442 g/mol. The van der Waals surface area contributed by atoms with Crippen LogP contribution in [0.25, 0.3) is 6.08 Å². The number of rotatable bonds is 8. The number of hydrogen-bond donors (Lipinski definition) is 1. The van der Waals surface area contributed by atoms with E-state index >= 15 is 0 Å². The van der Waals surface area contributed by atoms with E-state index in [0.29, 0.717) is 5.69 Å². The number of nitro benzene ring substituents is 1. The maximum Gasteiger partial charge on any atom is 0.387 e. The Morgan fingerprint density at radius 3 is 2.33 bits per heavy atom. The summed E-state index contributed by atoms with van der Waals surface area (Å²) in [5, 5.41) is 13.7. The Morgan fingerprint density at radius 1 is 1.20 bits per heavy atom. The predicted octanol–water partition coefficient (Wildman–Crippen LogP) is 3.26. The molecule has 0 aromatic heterocycles. The zero-order chi connectivity index (χ0) is 22.5. The molecular weight excluding hydrogens is 426 g/mol. The molecule has 0 saturated heterocycles. The fourth-order valence-electron chi connectivity index (χ4n) is 2.34. The molecule has 0 bridgehead atoms. The molecule has 1 N–H and O–H groups in total. The number of amides is 1. The zero-order valence-corrected chi connectivity index (χ0v) is 16.5. The quantitative estimate of drug-likeness (QED) is 0.378. The van der Waals surface area contributed by atoms with Crippen molar-refractivity contribution in [2.75, 3.05) is 18.7 Å². The van der Waals surface area contributed by atoms with Crippen LogP contribution in [0.15, 0.2) is 47.4 Å². The van der Waals surface area contributed by atoms with Crippen molar-refractivity contribution < 1.29 is 36.4 Å². The van der Waals surface area contributed by atoms with Crippen molar-refractivity contribution in [2.45, 2.75) is 11.5 Å². The van der Waals surface area contributed by atoms with Crippen LogP contribution in [-0.2, 0) is 14.6 Å². The molecule has 160 valence electrons. The average Bonchev–Trinajstić information content (AvgIpc) is 2.65. The molecule has 12 heteroatoms. The molecule has 0 saturated carbocycles. The van der Waals surface area contributed by atoms with Gasteiger partial charge in [-0.05, 0) is 36.4 Å². The van der Waals surface area contributed by atoms with Gasteiger partial charge in [-0.3, -0.25) is 14.9 Å². The van der Waals surface area contributed by atoms with E-state index in [-0.39, 0.29) is 16.2 Å². The zero-order valence-electron chi connectivity index (χ0n) is 15.7. The smallest absolute Gasteiger partial charge is 0.387 e. The Labute approximate surface area is 170 Å². The van der Waals surface area contributed by atoms with Crippen LogP contribution in [0.5, 0.6) is 11.5 Å². The maximum absolute atomic E-state index is 12.5. The number of methoxy groups -OCH3 is 1. The first kappa shape index (κ1) is 22.7. The normalized spacial score (nSPS) is 11.5. The molecule has 0 aliphatic rings. The number of nitrogens with one attached hydrogen (secondary N) is 1. The third-order valence-corrected chi connectivity index (χ3v) is 4.82. The molecule has 1 amide bonds. The summed E-state index contributed by atoms with van der Waals surface area (Å²) in [6.45, 7) is -3.21. The van der Waals surface area contributed by atoms with Gasteiger partial charge in [-0.25, -0.2) is 8.42 Å². The van der Waals surface area contributed by atoms with Gasteiger partial charge in [0.2, 0.25) is 5.91 Å². The van der Waals surface area contributed by atoms with Crippen LogP contribution in [0, 0.1) is 10.1 Å².